The lowest BCUT2D eigenvalue weighted by Crippen LogP contribution is -2.17. The van der Waals surface area contributed by atoms with Crippen LogP contribution >= 0.6 is 7.60 Å². The number of benzene rings is 1. The summed E-state index contributed by atoms with van der Waals surface area (Å²) in [6.07, 6.45) is 0. The fourth-order valence-electron chi connectivity index (χ4n) is 2.92. The van der Waals surface area contributed by atoms with E-state index in [1.807, 2.05) is 30.3 Å². The summed E-state index contributed by atoms with van der Waals surface area (Å²) in [6, 6.07) is 9.91. The van der Waals surface area contributed by atoms with Gasteiger partial charge in [0.05, 0.1) is 24.4 Å². The van der Waals surface area contributed by atoms with E-state index in [2.05, 4.69) is 23.8 Å². The highest BCUT2D eigenvalue weighted by atomic mass is 31.2. The molecule has 1 aromatic carbocycles. The second-order valence-corrected chi connectivity index (χ2v) is 7.92. The molecule has 0 saturated heterocycles. The number of aromatic amines is 1. The molecule has 0 atom stereocenters. The predicted molar refractivity (Wildman–Crippen MR) is 98.2 cm³/mol. The molecule has 2 aromatic heterocycles. The number of fused-ring (bicyclic) bond motifs is 3. The maximum absolute atomic E-state index is 13.2. The number of nitrogens with one attached hydrogen (secondary N) is 1. The van der Waals surface area contributed by atoms with Crippen LogP contribution in [-0.2, 0) is 13.6 Å². The molecule has 5 nitrogen and oxygen atoms in total. The van der Waals surface area contributed by atoms with E-state index in [4.69, 9.17) is 9.05 Å². The van der Waals surface area contributed by atoms with Crippen molar-refractivity contribution in [1.29, 1.82) is 0 Å². The molecule has 0 radical (unpaired) electrons. The number of para-hydroxylation sites is 1. The summed E-state index contributed by atoms with van der Waals surface area (Å²) in [7, 11) is -3.42. The summed E-state index contributed by atoms with van der Waals surface area (Å²) in [5.41, 5.74) is 3.27. The van der Waals surface area contributed by atoms with Gasteiger partial charge in [-0.25, -0.2) is 4.98 Å². The second kappa shape index (κ2) is 6.67. The van der Waals surface area contributed by atoms with Crippen LogP contribution in [-0.4, -0.2) is 23.2 Å². The summed E-state index contributed by atoms with van der Waals surface area (Å²) in [5, 5.41) is 2.08. The van der Waals surface area contributed by atoms with Crippen molar-refractivity contribution in [3.05, 3.63) is 36.0 Å². The molecule has 0 aliphatic carbocycles. The molecule has 2 heterocycles. The molecular weight excluding hydrogens is 323 g/mol. The van der Waals surface area contributed by atoms with Crippen molar-refractivity contribution in [3.63, 3.8) is 0 Å². The van der Waals surface area contributed by atoms with Gasteiger partial charge in [0, 0.05) is 16.3 Å². The van der Waals surface area contributed by atoms with E-state index in [0.717, 1.165) is 27.5 Å². The van der Waals surface area contributed by atoms with Crippen LogP contribution in [0.3, 0.4) is 0 Å². The lowest BCUT2D eigenvalue weighted by Gasteiger charge is -2.18. The topological polar surface area (TPSA) is 64.2 Å². The predicted octanol–water partition coefficient (Wildman–Crippen LogP) is 4.73. The van der Waals surface area contributed by atoms with Gasteiger partial charge in [0.1, 0.15) is 0 Å². The van der Waals surface area contributed by atoms with Gasteiger partial charge in [-0.2, -0.15) is 0 Å². The van der Waals surface area contributed by atoms with Crippen LogP contribution in [0.4, 0.5) is 0 Å². The van der Waals surface area contributed by atoms with E-state index in [0.29, 0.717) is 18.6 Å². The molecule has 0 fully saturated rings. The van der Waals surface area contributed by atoms with Gasteiger partial charge in [0.25, 0.3) is 0 Å². The van der Waals surface area contributed by atoms with Crippen LogP contribution in [0.5, 0.6) is 0 Å². The highest BCUT2D eigenvalue weighted by molar-refractivity contribution is 7.61. The van der Waals surface area contributed by atoms with E-state index in [9.17, 15) is 4.57 Å². The summed E-state index contributed by atoms with van der Waals surface area (Å²) >= 11 is 0. The first-order valence-electron chi connectivity index (χ1n) is 8.31. The van der Waals surface area contributed by atoms with Gasteiger partial charge in [0.15, 0.2) is 5.44 Å². The monoisotopic (exact) mass is 346 g/mol. The van der Waals surface area contributed by atoms with Gasteiger partial charge in [-0.05, 0) is 31.9 Å². The number of hydrogen-bond acceptors (Lipinski definition) is 4. The molecule has 1 N–H and O–H groups in total. The third-order valence-electron chi connectivity index (χ3n) is 3.94. The third kappa shape index (κ3) is 2.88. The van der Waals surface area contributed by atoms with E-state index in [1.54, 1.807) is 13.8 Å². The van der Waals surface area contributed by atoms with Crippen molar-refractivity contribution in [1.82, 2.24) is 9.97 Å². The minimum Gasteiger partial charge on any atom is -0.353 e. The third-order valence-corrected chi connectivity index (χ3v) is 5.92. The number of H-pyrrole nitrogens is 1. The Morgan fingerprint density at radius 1 is 1.12 bits per heavy atom. The van der Waals surface area contributed by atoms with E-state index >= 15 is 0 Å². The molecule has 6 heteroatoms. The molecule has 0 amide bonds. The van der Waals surface area contributed by atoms with Crippen molar-refractivity contribution in [2.24, 2.45) is 0 Å². The van der Waals surface area contributed by atoms with Crippen molar-refractivity contribution in [2.45, 2.75) is 33.6 Å². The fourth-order valence-corrected chi connectivity index (χ4v) is 4.46. The van der Waals surface area contributed by atoms with Crippen molar-refractivity contribution >= 4 is 34.8 Å². The van der Waals surface area contributed by atoms with Crippen LogP contribution in [0, 0.1) is 0 Å². The Balaban J connectivity index is 2.33. The Labute approximate surface area is 141 Å². The lowest BCUT2D eigenvalue weighted by atomic mass is 10.1. The zero-order chi connectivity index (χ0) is 17.3. The van der Waals surface area contributed by atoms with E-state index in [1.165, 1.54) is 0 Å². The second-order valence-electron chi connectivity index (χ2n) is 5.95. The highest BCUT2D eigenvalue weighted by Crippen LogP contribution is 2.47. The number of aromatic nitrogens is 2. The lowest BCUT2D eigenvalue weighted by molar-refractivity contribution is 0.229. The Morgan fingerprint density at radius 3 is 2.42 bits per heavy atom. The molecule has 0 bridgehead atoms. The van der Waals surface area contributed by atoms with Gasteiger partial charge < -0.3 is 14.0 Å². The minimum absolute atomic E-state index is 0.178. The first kappa shape index (κ1) is 17.2. The molecule has 0 aliphatic rings. The van der Waals surface area contributed by atoms with E-state index < -0.39 is 7.60 Å². The van der Waals surface area contributed by atoms with Gasteiger partial charge in [-0.1, -0.05) is 32.0 Å². The van der Waals surface area contributed by atoms with Gasteiger partial charge >= 0.3 is 7.60 Å². The van der Waals surface area contributed by atoms with Crippen molar-refractivity contribution in [2.75, 3.05) is 13.2 Å². The molecule has 0 aliphatic heterocycles. The molecule has 3 aromatic rings. The molecule has 24 heavy (non-hydrogen) atoms. The molecule has 0 spiro atoms. The number of nitrogens with zero attached hydrogens (tertiary/aromatic N) is 1. The number of rotatable bonds is 6. The molecule has 3 rings (SSSR count). The van der Waals surface area contributed by atoms with Gasteiger partial charge in [0.2, 0.25) is 0 Å². The largest absolute Gasteiger partial charge is 0.379 e. The van der Waals surface area contributed by atoms with E-state index in [-0.39, 0.29) is 5.92 Å². The normalized spacial score (nSPS) is 12.5. The smallest absolute Gasteiger partial charge is 0.353 e. The first-order valence-corrected chi connectivity index (χ1v) is 9.85. The Hall–Kier alpha value is -1.68. The molecule has 0 saturated carbocycles. The maximum Gasteiger partial charge on any atom is 0.379 e. The Morgan fingerprint density at radius 2 is 1.79 bits per heavy atom. The first-order chi connectivity index (χ1) is 11.5. The van der Waals surface area contributed by atoms with Crippen LogP contribution in [0.1, 0.15) is 39.3 Å². The summed E-state index contributed by atoms with van der Waals surface area (Å²) in [6.45, 7) is 8.37. The SMILES string of the molecule is CCOP(=O)(OCC)c1cc2c([nH]c3ccccc32)c(C(C)C)n1. The summed E-state index contributed by atoms with van der Waals surface area (Å²) in [4.78, 5) is 8.10. The zero-order valence-corrected chi connectivity index (χ0v) is 15.4. The highest BCUT2D eigenvalue weighted by Gasteiger charge is 2.30. The van der Waals surface area contributed by atoms with Crippen molar-refractivity contribution in [3.8, 4) is 0 Å². The molecular formula is C18H23N2O3P. The Bertz CT molecular complexity index is 907. The average molecular weight is 346 g/mol. The average Bonchev–Trinajstić information content (AvgIpc) is 2.93. The van der Waals surface area contributed by atoms with Gasteiger partial charge in [-0.3, -0.25) is 4.57 Å². The van der Waals surface area contributed by atoms with Crippen LogP contribution < -0.4 is 5.44 Å². The van der Waals surface area contributed by atoms with Crippen molar-refractivity contribution < 1.29 is 13.6 Å². The number of pyridine rings is 1. The quantitative estimate of drug-likeness (QED) is 0.655. The Kier molecular flexibility index (Phi) is 4.77. The molecule has 128 valence electrons. The summed E-state index contributed by atoms with van der Waals surface area (Å²) < 4.78 is 24.2. The van der Waals surface area contributed by atoms with Crippen LogP contribution in [0.25, 0.3) is 21.8 Å². The standard InChI is InChI=1S/C18H23N2O3P/c1-5-22-24(21,23-6-2)16-11-14-13-9-7-8-10-15(13)19-18(14)17(20-16)12(3)4/h7-12,19H,5-6H2,1-4H3. The fraction of sp³-hybridized carbons (Fsp3) is 0.389. The van der Waals surface area contributed by atoms with Crippen LogP contribution in [0.2, 0.25) is 0 Å². The summed E-state index contributed by atoms with van der Waals surface area (Å²) in [5.74, 6) is 0.178. The van der Waals surface area contributed by atoms with Crippen LogP contribution in [0.15, 0.2) is 30.3 Å². The number of hydrogen-bond donors (Lipinski definition) is 1. The minimum atomic E-state index is -3.42. The zero-order valence-electron chi connectivity index (χ0n) is 14.5. The maximum atomic E-state index is 13.2. The molecule has 0 unspecified atom stereocenters. The van der Waals surface area contributed by atoms with Gasteiger partial charge in [-0.15, -0.1) is 0 Å².